The van der Waals surface area contributed by atoms with Gasteiger partial charge in [-0.2, -0.15) is 0 Å². The maximum Gasteiger partial charge on any atom is 0.225 e. The molecule has 1 heterocycles. The van der Waals surface area contributed by atoms with Crippen molar-refractivity contribution in [2.75, 3.05) is 25.0 Å². The fourth-order valence-electron chi connectivity index (χ4n) is 2.41. The first kappa shape index (κ1) is 15.7. The van der Waals surface area contributed by atoms with Gasteiger partial charge in [0, 0.05) is 37.3 Å². The third-order valence-electron chi connectivity index (χ3n) is 3.79. The molecule has 1 fully saturated rings. The Morgan fingerprint density at radius 2 is 1.86 bits per heavy atom. The van der Waals surface area contributed by atoms with Gasteiger partial charge in [-0.25, -0.2) is 0 Å². The molecule has 2 rings (SSSR count). The van der Waals surface area contributed by atoms with Gasteiger partial charge >= 0.3 is 0 Å². The van der Waals surface area contributed by atoms with Gasteiger partial charge < -0.3 is 15.3 Å². The summed E-state index contributed by atoms with van der Waals surface area (Å²) in [6, 6.07) is 6.91. The minimum absolute atomic E-state index is 0.0140. The maximum absolute atomic E-state index is 11.9. The average molecular weight is 290 g/mol. The molecule has 1 amide bonds. The van der Waals surface area contributed by atoms with E-state index in [9.17, 15) is 14.7 Å². The molecule has 1 aromatic carbocycles. The van der Waals surface area contributed by atoms with Gasteiger partial charge in [-0.15, -0.1) is 0 Å². The van der Waals surface area contributed by atoms with E-state index in [0.29, 0.717) is 24.2 Å². The largest absolute Gasteiger partial charge is 0.393 e. The van der Waals surface area contributed by atoms with E-state index in [1.807, 2.05) is 0 Å². The summed E-state index contributed by atoms with van der Waals surface area (Å²) in [4.78, 5) is 25.3. The lowest BCUT2D eigenvalue weighted by molar-refractivity contribution is -0.116. The number of carbonyl (C=O) groups is 2. The van der Waals surface area contributed by atoms with E-state index in [1.165, 1.54) is 6.92 Å². The number of likely N-dealkylation sites (tertiary alicyclic amines) is 1. The smallest absolute Gasteiger partial charge is 0.225 e. The Morgan fingerprint density at radius 1 is 1.24 bits per heavy atom. The molecule has 1 aliphatic heterocycles. The normalized spacial score (nSPS) is 16.7. The Bertz CT molecular complexity index is 491. The van der Waals surface area contributed by atoms with Crippen LogP contribution in [-0.2, 0) is 4.79 Å². The number of Topliss-reactive ketones (excluding diaryl/α,β-unsaturated/α-hetero) is 1. The van der Waals surface area contributed by atoms with Gasteiger partial charge in [0.1, 0.15) is 0 Å². The molecule has 0 aromatic heterocycles. The second-order valence-electron chi connectivity index (χ2n) is 5.50. The number of carbonyl (C=O) groups excluding carboxylic acids is 2. The van der Waals surface area contributed by atoms with Crippen LogP contribution in [0.4, 0.5) is 5.69 Å². The van der Waals surface area contributed by atoms with Crippen LogP contribution in [0, 0.1) is 0 Å². The third kappa shape index (κ3) is 4.95. The highest BCUT2D eigenvalue weighted by molar-refractivity contribution is 5.95. The van der Waals surface area contributed by atoms with Crippen LogP contribution >= 0.6 is 0 Å². The number of benzene rings is 1. The first-order valence-corrected chi connectivity index (χ1v) is 7.36. The summed E-state index contributed by atoms with van der Waals surface area (Å²) in [5.41, 5.74) is 1.35. The van der Waals surface area contributed by atoms with Crippen molar-refractivity contribution in [3.8, 4) is 0 Å². The average Bonchev–Trinajstić information content (AvgIpc) is 2.47. The molecule has 0 saturated carbocycles. The first-order valence-electron chi connectivity index (χ1n) is 7.36. The zero-order valence-corrected chi connectivity index (χ0v) is 12.3. The number of nitrogens with zero attached hydrogens (tertiary/aromatic N) is 1. The van der Waals surface area contributed by atoms with Crippen LogP contribution < -0.4 is 5.32 Å². The lowest BCUT2D eigenvalue weighted by Gasteiger charge is -2.29. The lowest BCUT2D eigenvalue weighted by Crippen LogP contribution is -2.37. The molecule has 0 aliphatic carbocycles. The third-order valence-corrected chi connectivity index (χ3v) is 3.79. The molecule has 114 valence electrons. The van der Waals surface area contributed by atoms with Crippen molar-refractivity contribution in [2.45, 2.75) is 32.3 Å². The Morgan fingerprint density at radius 3 is 2.43 bits per heavy atom. The number of aliphatic hydroxyl groups is 1. The summed E-state index contributed by atoms with van der Waals surface area (Å²) in [5, 5.41) is 12.3. The number of nitrogens with one attached hydrogen (secondary N) is 1. The zero-order valence-electron chi connectivity index (χ0n) is 12.3. The van der Waals surface area contributed by atoms with Gasteiger partial charge in [-0.3, -0.25) is 9.59 Å². The van der Waals surface area contributed by atoms with Crippen molar-refractivity contribution in [1.82, 2.24) is 4.90 Å². The molecule has 2 N–H and O–H groups in total. The van der Waals surface area contributed by atoms with Gasteiger partial charge in [0.15, 0.2) is 5.78 Å². The Hall–Kier alpha value is -1.72. The lowest BCUT2D eigenvalue weighted by atomic mass is 10.1. The molecular weight excluding hydrogens is 268 g/mol. The van der Waals surface area contributed by atoms with Crippen molar-refractivity contribution >= 4 is 17.4 Å². The molecule has 0 radical (unpaired) electrons. The summed E-state index contributed by atoms with van der Waals surface area (Å²) in [7, 11) is 0. The van der Waals surface area contributed by atoms with Crippen LogP contribution in [0.2, 0.25) is 0 Å². The van der Waals surface area contributed by atoms with E-state index >= 15 is 0 Å². The van der Waals surface area contributed by atoms with Gasteiger partial charge in [-0.1, -0.05) is 0 Å². The van der Waals surface area contributed by atoms with Crippen LogP contribution in [0.15, 0.2) is 24.3 Å². The number of anilines is 1. The van der Waals surface area contributed by atoms with Gasteiger partial charge in [0.05, 0.1) is 6.10 Å². The number of piperidine rings is 1. The Kier molecular flexibility index (Phi) is 5.47. The molecule has 0 atom stereocenters. The molecule has 1 aliphatic rings. The molecule has 0 unspecified atom stereocenters. The van der Waals surface area contributed by atoms with E-state index in [-0.39, 0.29) is 17.8 Å². The molecule has 1 saturated heterocycles. The second-order valence-corrected chi connectivity index (χ2v) is 5.50. The predicted molar refractivity (Wildman–Crippen MR) is 81.4 cm³/mol. The summed E-state index contributed by atoms with van der Waals surface area (Å²) < 4.78 is 0. The van der Waals surface area contributed by atoms with Crippen molar-refractivity contribution in [3.63, 3.8) is 0 Å². The summed E-state index contributed by atoms with van der Waals surface area (Å²) in [5.74, 6) is -0.0168. The fourth-order valence-corrected chi connectivity index (χ4v) is 2.41. The highest BCUT2D eigenvalue weighted by Crippen LogP contribution is 2.12. The number of ketones is 1. The predicted octanol–water partition coefficient (Wildman–Crippen LogP) is 1.67. The number of hydrogen-bond acceptors (Lipinski definition) is 4. The Balaban J connectivity index is 1.75. The van der Waals surface area contributed by atoms with Gasteiger partial charge in [0.25, 0.3) is 0 Å². The second kappa shape index (κ2) is 7.33. The zero-order chi connectivity index (χ0) is 15.2. The summed E-state index contributed by atoms with van der Waals surface area (Å²) >= 11 is 0. The van der Waals surface area contributed by atoms with E-state index in [4.69, 9.17) is 0 Å². The molecule has 0 spiro atoms. The monoisotopic (exact) mass is 290 g/mol. The quantitative estimate of drug-likeness (QED) is 0.809. The van der Waals surface area contributed by atoms with Crippen molar-refractivity contribution in [3.05, 3.63) is 29.8 Å². The standard InChI is InChI=1S/C16H22N2O3/c1-12(19)13-2-4-14(5-3-13)17-16(21)8-11-18-9-6-15(20)7-10-18/h2-5,15,20H,6-11H2,1H3,(H,17,21). The van der Waals surface area contributed by atoms with Crippen LogP contribution in [-0.4, -0.2) is 47.4 Å². The fraction of sp³-hybridized carbons (Fsp3) is 0.500. The van der Waals surface area contributed by atoms with Crippen LogP contribution in [0.3, 0.4) is 0 Å². The van der Waals surface area contributed by atoms with Crippen LogP contribution in [0.1, 0.15) is 36.5 Å². The maximum atomic E-state index is 11.9. The van der Waals surface area contributed by atoms with E-state index in [0.717, 1.165) is 25.9 Å². The number of hydrogen-bond donors (Lipinski definition) is 2. The first-order chi connectivity index (χ1) is 10.0. The SMILES string of the molecule is CC(=O)c1ccc(NC(=O)CCN2CCC(O)CC2)cc1. The Labute approximate surface area is 125 Å². The summed E-state index contributed by atoms with van der Waals surface area (Å²) in [6.07, 6.45) is 1.82. The molecule has 5 nitrogen and oxygen atoms in total. The van der Waals surface area contributed by atoms with Crippen molar-refractivity contribution in [2.24, 2.45) is 0 Å². The molecule has 0 bridgehead atoms. The van der Waals surface area contributed by atoms with E-state index < -0.39 is 0 Å². The number of amides is 1. The highest BCUT2D eigenvalue weighted by atomic mass is 16.3. The topological polar surface area (TPSA) is 69.6 Å². The summed E-state index contributed by atoms with van der Waals surface area (Å²) in [6.45, 7) is 3.93. The minimum atomic E-state index is -0.185. The van der Waals surface area contributed by atoms with Crippen LogP contribution in [0.25, 0.3) is 0 Å². The van der Waals surface area contributed by atoms with E-state index in [1.54, 1.807) is 24.3 Å². The molecular formula is C16H22N2O3. The van der Waals surface area contributed by atoms with E-state index in [2.05, 4.69) is 10.2 Å². The number of rotatable bonds is 5. The minimum Gasteiger partial charge on any atom is -0.393 e. The van der Waals surface area contributed by atoms with Crippen molar-refractivity contribution in [1.29, 1.82) is 0 Å². The highest BCUT2D eigenvalue weighted by Gasteiger charge is 2.17. The van der Waals surface area contributed by atoms with Crippen molar-refractivity contribution < 1.29 is 14.7 Å². The molecule has 1 aromatic rings. The van der Waals surface area contributed by atoms with Gasteiger partial charge in [0.2, 0.25) is 5.91 Å². The molecule has 5 heteroatoms. The number of aliphatic hydroxyl groups excluding tert-OH is 1. The molecule has 21 heavy (non-hydrogen) atoms. The van der Waals surface area contributed by atoms with Gasteiger partial charge in [-0.05, 0) is 44.0 Å². The van der Waals surface area contributed by atoms with Crippen LogP contribution in [0.5, 0.6) is 0 Å².